The molecular formula is C13H17N5O3S2. The third-order valence-electron chi connectivity index (χ3n) is 3.46. The molecule has 8 nitrogen and oxygen atoms in total. The zero-order valence-electron chi connectivity index (χ0n) is 12.6. The average molecular weight is 355 g/mol. The molecule has 0 saturated carbocycles. The molecule has 0 unspecified atom stereocenters. The van der Waals surface area contributed by atoms with Gasteiger partial charge in [0.25, 0.3) is 0 Å². The quantitative estimate of drug-likeness (QED) is 0.722. The standard InChI is InChI=1S/C13H17N5O3S2/c1-17-13(14-15-16-17)22-10-11-3-2-4-12(9-11)23(19,20)18-5-7-21-8-6-18/h2-4,9H,5-8,10H2,1H3. The molecule has 23 heavy (non-hydrogen) atoms. The molecule has 2 heterocycles. The average Bonchev–Trinajstić information content (AvgIpc) is 2.99. The van der Waals surface area contributed by atoms with Crippen molar-refractivity contribution >= 4 is 21.8 Å². The number of morpholine rings is 1. The van der Waals surface area contributed by atoms with E-state index in [0.717, 1.165) is 5.56 Å². The van der Waals surface area contributed by atoms with E-state index in [9.17, 15) is 8.42 Å². The van der Waals surface area contributed by atoms with Crippen LogP contribution in [0.5, 0.6) is 0 Å². The maximum Gasteiger partial charge on any atom is 0.243 e. The molecule has 1 aliphatic heterocycles. The van der Waals surface area contributed by atoms with Crippen LogP contribution in [-0.2, 0) is 27.6 Å². The van der Waals surface area contributed by atoms with E-state index < -0.39 is 10.0 Å². The smallest absolute Gasteiger partial charge is 0.243 e. The van der Waals surface area contributed by atoms with Gasteiger partial charge in [-0.05, 0) is 28.1 Å². The molecule has 1 aromatic heterocycles. The van der Waals surface area contributed by atoms with Crippen molar-refractivity contribution in [1.82, 2.24) is 24.5 Å². The van der Waals surface area contributed by atoms with Gasteiger partial charge < -0.3 is 4.74 Å². The Bertz CT molecular complexity index is 771. The van der Waals surface area contributed by atoms with Crippen molar-refractivity contribution in [2.45, 2.75) is 15.8 Å². The Kier molecular flexibility index (Phi) is 4.95. The first-order valence-corrected chi connectivity index (χ1v) is 9.52. The summed E-state index contributed by atoms with van der Waals surface area (Å²) >= 11 is 1.46. The summed E-state index contributed by atoms with van der Waals surface area (Å²) in [5, 5.41) is 11.9. The second kappa shape index (κ2) is 6.95. The fourth-order valence-electron chi connectivity index (χ4n) is 2.22. The van der Waals surface area contributed by atoms with Crippen LogP contribution in [0.2, 0.25) is 0 Å². The lowest BCUT2D eigenvalue weighted by Gasteiger charge is -2.26. The van der Waals surface area contributed by atoms with Gasteiger partial charge in [0.15, 0.2) is 0 Å². The fourth-order valence-corrected chi connectivity index (χ4v) is 4.49. The number of rotatable bonds is 5. The van der Waals surface area contributed by atoms with Crippen LogP contribution < -0.4 is 0 Å². The summed E-state index contributed by atoms with van der Waals surface area (Å²) in [6, 6.07) is 7.00. The van der Waals surface area contributed by atoms with Crippen LogP contribution in [0.25, 0.3) is 0 Å². The molecule has 0 atom stereocenters. The lowest BCUT2D eigenvalue weighted by Crippen LogP contribution is -2.40. The van der Waals surface area contributed by atoms with Crippen molar-refractivity contribution in [3.63, 3.8) is 0 Å². The first kappa shape index (κ1) is 16.4. The van der Waals surface area contributed by atoms with E-state index in [4.69, 9.17) is 4.74 Å². The number of hydrogen-bond acceptors (Lipinski definition) is 7. The van der Waals surface area contributed by atoms with Gasteiger partial charge in [0.1, 0.15) is 0 Å². The summed E-state index contributed by atoms with van der Waals surface area (Å²) in [4.78, 5) is 0.314. The normalized spacial score (nSPS) is 16.6. The highest BCUT2D eigenvalue weighted by Gasteiger charge is 2.26. The number of nitrogens with zero attached hydrogens (tertiary/aromatic N) is 5. The van der Waals surface area contributed by atoms with Crippen molar-refractivity contribution in [2.75, 3.05) is 26.3 Å². The van der Waals surface area contributed by atoms with Crippen LogP contribution in [-0.4, -0.2) is 59.2 Å². The summed E-state index contributed by atoms with van der Waals surface area (Å²) in [6.45, 7) is 1.67. The SMILES string of the molecule is Cn1nnnc1SCc1cccc(S(=O)(=O)N2CCOCC2)c1. The Hall–Kier alpha value is -1.49. The summed E-state index contributed by atoms with van der Waals surface area (Å²) in [5.74, 6) is 0.598. The predicted molar refractivity (Wildman–Crippen MR) is 84.4 cm³/mol. The third-order valence-corrected chi connectivity index (χ3v) is 6.43. The maximum absolute atomic E-state index is 12.7. The van der Waals surface area contributed by atoms with Crippen molar-refractivity contribution in [3.8, 4) is 0 Å². The molecule has 3 rings (SSSR count). The zero-order chi connectivity index (χ0) is 16.3. The maximum atomic E-state index is 12.7. The van der Waals surface area contributed by atoms with Crippen LogP contribution in [0, 0.1) is 0 Å². The Morgan fingerprint density at radius 3 is 2.78 bits per heavy atom. The molecule has 0 spiro atoms. The Balaban J connectivity index is 1.75. The van der Waals surface area contributed by atoms with Gasteiger partial charge >= 0.3 is 0 Å². The third kappa shape index (κ3) is 3.71. The monoisotopic (exact) mass is 355 g/mol. The molecule has 1 saturated heterocycles. The molecule has 0 aliphatic carbocycles. The highest BCUT2D eigenvalue weighted by atomic mass is 32.2. The van der Waals surface area contributed by atoms with E-state index in [1.54, 1.807) is 29.9 Å². The van der Waals surface area contributed by atoms with Gasteiger partial charge in [-0.25, -0.2) is 13.1 Å². The van der Waals surface area contributed by atoms with E-state index in [0.29, 0.717) is 42.1 Å². The van der Waals surface area contributed by atoms with Gasteiger partial charge in [0.2, 0.25) is 15.2 Å². The fraction of sp³-hybridized carbons (Fsp3) is 0.462. The van der Waals surface area contributed by atoms with Crippen LogP contribution in [0.4, 0.5) is 0 Å². The Labute approximate surface area is 138 Å². The number of aryl methyl sites for hydroxylation is 1. The summed E-state index contributed by atoms with van der Waals surface area (Å²) in [6.07, 6.45) is 0. The van der Waals surface area contributed by atoms with Crippen molar-refractivity contribution < 1.29 is 13.2 Å². The number of hydrogen-bond donors (Lipinski definition) is 0. The molecule has 1 aromatic carbocycles. The zero-order valence-corrected chi connectivity index (χ0v) is 14.3. The van der Waals surface area contributed by atoms with Crippen molar-refractivity contribution in [3.05, 3.63) is 29.8 Å². The van der Waals surface area contributed by atoms with Gasteiger partial charge in [-0.15, -0.1) is 5.10 Å². The van der Waals surface area contributed by atoms with Gasteiger partial charge in [0, 0.05) is 25.9 Å². The van der Waals surface area contributed by atoms with E-state index in [1.165, 1.54) is 16.1 Å². The number of sulfonamides is 1. The lowest BCUT2D eigenvalue weighted by atomic mass is 10.2. The molecular weight excluding hydrogens is 338 g/mol. The summed E-state index contributed by atoms with van der Waals surface area (Å²) in [7, 11) is -1.70. The number of ether oxygens (including phenoxy) is 1. The molecule has 10 heteroatoms. The molecule has 1 aliphatic rings. The molecule has 2 aromatic rings. The van der Waals surface area contributed by atoms with Crippen LogP contribution >= 0.6 is 11.8 Å². The minimum Gasteiger partial charge on any atom is -0.379 e. The van der Waals surface area contributed by atoms with Crippen molar-refractivity contribution in [1.29, 1.82) is 0 Å². The Morgan fingerprint density at radius 2 is 2.09 bits per heavy atom. The van der Waals surface area contributed by atoms with Gasteiger partial charge in [-0.2, -0.15) is 4.31 Å². The minimum atomic E-state index is -3.47. The Morgan fingerprint density at radius 1 is 1.30 bits per heavy atom. The number of thioether (sulfide) groups is 1. The predicted octanol–water partition coefficient (Wildman–Crippen LogP) is 0.523. The second-order valence-corrected chi connectivity index (χ2v) is 7.92. The number of tetrazole rings is 1. The van der Waals surface area contributed by atoms with E-state index in [2.05, 4.69) is 15.5 Å². The van der Waals surface area contributed by atoms with E-state index in [-0.39, 0.29) is 0 Å². The number of benzene rings is 1. The first-order valence-electron chi connectivity index (χ1n) is 7.09. The molecule has 0 bridgehead atoms. The van der Waals surface area contributed by atoms with Crippen molar-refractivity contribution in [2.24, 2.45) is 7.05 Å². The topological polar surface area (TPSA) is 90.2 Å². The number of aromatic nitrogens is 4. The molecule has 0 radical (unpaired) electrons. The second-order valence-electron chi connectivity index (χ2n) is 5.04. The largest absolute Gasteiger partial charge is 0.379 e. The lowest BCUT2D eigenvalue weighted by molar-refractivity contribution is 0.0730. The van der Waals surface area contributed by atoms with E-state index >= 15 is 0 Å². The van der Waals surface area contributed by atoms with Crippen LogP contribution in [0.1, 0.15) is 5.56 Å². The molecule has 0 N–H and O–H groups in total. The highest BCUT2D eigenvalue weighted by molar-refractivity contribution is 7.98. The van der Waals surface area contributed by atoms with Gasteiger partial charge in [0.05, 0.1) is 18.1 Å². The molecule has 124 valence electrons. The molecule has 0 amide bonds. The van der Waals surface area contributed by atoms with Gasteiger partial charge in [-0.1, -0.05) is 23.9 Å². The summed E-state index contributed by atoms with van der Waals surface area (Å²) in [5.41, 5.74) is 0.910. The van der Waals surface area contributed by atoms with E-state index in [1.807, 2.05) is 6.07 Å². The van der Waals surface area contributed by atoms with Crippen LogP contribution in [0.15, 0.2) is 34.3 Å². The molecule has 1 fully saturated rings. The highest BCUT2D eigenvalue weighted by Crippen LogP contribution is 2.23. The summed E-state index contributed by atoms with van der Waals surface area (Å²) < 4.78 is 33.6. The first-order chi connectivity index (χ1) is 11.1. The van der Waals surface area contributed by atoms with Gasteiger partial charge in [-0.3, -0.25) is 0 Å². The van der Waals surface area contributed by atoms with Crippen LogP contribution in [0.3, 0.4) is 0 Å². The minimum absolute atomic E-state index is 0.314.